The monoisotopic (exact) mass is 268 g/mol. The van der Waals surface area contributed by atoms with E-state index < -0.39 is 0 Å². The zero-order chi connectivity index (χ0) is 14.3. The molecule has 0 bridgehead atoms. The standard InChI is InChI=1S/C16H32N2O/c1-5-10-16(11-9-12-17-16)15(19)18(8-4)13-14(6-2)7-3/h14,17H,5-13H2,1-4H3. The zero-order valence-electron chi connectivity index (χ0n) is 13.3. The molecule has 3 nitrogen and oxygen atoms in total. The highest BCUT2D eigenvalue weighted by molar-refractivity contribution is 5.86. The van der Waals surface area contributed by atoms with Crippen LogP contribution in [0.3, 0.4) is 0 Å². The quantitative estimate of drug-likeness (QED) is 0.733. The average Bonchev–Trinajstić information content (AvgIpc) is 2.90. The predicted octanol–water partition coefficient (Wildman–Crippen LogP) is 3.19. The highest BCUT2D eigenvalue weighted by Crippen LogP contribution is 2.27. The first kappa shape index (κ1) is 16.5. The van der Waals surface area contributed by atoms with E-state index in [2.05, 4.69) is 37.9 Å². The van der Waals surface area contributed by atoms with Crippen molar-refractivity contribution < 1.29 is 4.79 Å². The summed E-state index contributed by atoms with van der Waals surface area (Å²) in [5.74, 6) is 0.991. The Labute approximate surface area is 119 Å². The summed E-state index contributed by atoms with van der Waals surface area (Å²) in [7, 11) is 0. The molecule has 1 aliphatic rings. The van der Waals surface area contributed by atoms with E-state index in [0.29, 0.717) is 11.8 Å². The Balaban J connectivity index is 2.75. The molecule has 1 amide bonds. The van der Waals surface area contributed by atoms with Crippen molar-refractivity contribution in [2.45, 2.75) is 71.8 Å². The van der Waals surface area contributed by atoms with E-state index >= 15 is 0 Å². The lowest BCUT2D eigenvalue weighted by Gasteiger charge is -2.35. The Morgan fingerprint density at radius 1 is 1.26 bits per heavy atom. The van der Waals surface area contributed by atoms with Crippen LogP contribution < -0.4 is 5.32 Å². The van der Waals surface area contributed by atoms with Gasteiger partial charge >= 0.3 is 0 Å². The second-order valence-electron chi connectivity index (χ2n) is 5.89. The summed E-state index contributed by atoms with van der Waals surface area (Å²) in [6.07, 6.45) is 6.52. The second-order valence-corrected chi connectivity index (χ2v) is 5.89. The minimum Gasteiger partial charge on any atom is -0.341 e. The first-order chi connectivity index (χ1) is 9.13. The summed E-state index contributed by atoms with van der Waals surface area (Å²) in [4.78, 5) is 15.0. The lowest BCUT2D eigenvalue weighted by molar-refractivity contribution is -0.138. The van der Waals surface area contributed by atoms with Crippen LogP contribution in [0.5, 0.6) is 0 Å². The van der Waals surface area contributed by atoms with Crippen LogP contribution in [0.15, 0.2) is 0 Å². The molecule has 1 unspecified atom stereocenters. The fourth-order valence-electron chi connectivity index (χ4n) is 3.25. The number of rotatable bonds is 8. The Kier molecular flexibility index (Phi) is 6.84. The molecule has 1 fully saturated rings. The number of hydrogen-bond acceptors (Lipinski definition) is 2. The minimum absolute atomic E-state index is 0.253. The Bertz CT molecular complexity index is 268. The lowest BCUT2D eigenvalue weighted by atomic mass is 9.89. The van der Waals surface area contributed by atoms with E-state index in [4.69, 9.17) is 0 Å². The van der Waals surface area contributed by atoms with Gasteiger partial charge in [0.2, 0.25) is 5.91 Å². The third-order valence-electron chi connectivity index (χ3n) is 4.63. The fraction of sp³-hybridized carbons (Fsp3) is 0.938. The van der Waals surface area contributed by atoms with Gasteiger partial charge < -0.3 is 10.2 Å². The van der Waals surface area contributed by atoms with Gasteiger partial charge in [-0.3, -0.25) is 4.79 Å². The van der Waals surface area contributed by atoms with Gasteiger partial charge in [-0.1, -0.05) is 40.0 Å². The van der Waals surface area contributed by atoms with E-state index in [1.807, 2.05) is 0 Å². The maximum absolute atomic E-state index is 12.9. The molecule has 112 valence electrons. The van der Waals surface area contributed by atoms with Crippen molar-refractivity contribution in [1.82, 2.24) is 10.2 Å². The van der Waals surface area contributed by atoms with Gasteiger partial charge in [0.15, 0.2) is 0 Å². The van der Waals surface area contributed by atoms with Crippen LogP contribution in [0.1, 0.15) is 66.2 Å². The highest BCUT2D eigenvalue weighted by Gasteiger charge is 2.42. The summed E-state index contributed by atoms with van der Waals surface area (Å²) in [5.41, 5.74) is -0.253. The van der Waals surface area contributed by atoms with Gasteiger partial charge in [0, 0.05) is 13.1 Å². The van der Waals surface area contributed by atoms with Crippen molar-refractivity contribution >= 4 is 5.91 Å². The van der Waals surface area contributed by atoms with Crippen LogP contribution in [0, 0.1) is 5.92 Å². The minimum atomic E-state index is -0.253. The maximum atomic E-state index is 12.9. The van der Waals surface area contributed by atoms with E-state index in [1.165, 1.54) is 0 Å². The normalized spacial score (nSPS) is 23.0. The molecule has 1 N–H and O–H groups in total. The fourth-order valence-corrected chi connectivity index (χ4v) is 3.25. The topological polar surface area (TPSA) is 32.3 Å². The van der Waals surface area contributed by atoms with Crippen molar-refractivity contribution in [3.05, 3.63) is 0 Å². The summed E-state index contributed by atoms with van der Waals surface area (Å²) >= 11 is 0. The molecule has 0 spiro atoms. The van der Waals surface area contributed by atoms with Gasteiger partial charge in [-0.25, -0.2) is 0 Å². The van der Waals surface area contributed by atoms with Gasteiger partial charge in [0.05, 0.1) is 5.54 Å². The molecule has 1 atom stereocenters. The third-order valence-corrected chi connectivity index (χ3v) is 4.63. The van der Waals surface area contributed by atoms with Crippen molar-refractivity contribution in [3.8, 4) is 0 Å². The molecule has 0 radical (unpaired) electrons. The molecule has 0 aromatic carbocycles. The van der Waals surface area contributed by atoms with E-state index in [0.717, 1.165) is 58.2 Å². The van der Waals surface area contributed by atoms with Crippen LogP contribution >= 0.6 is 0 Å². The number of amides is 1. The first-order valence-corrected chi connectivity index (χ1v) is 8.17. The van der Waals surface area contributed by atoms with E-state index in [-0.39, 0.29) is 5.54 Å². The van der Waals surface area contributed by atoms with Gasteiger partial charge in [-0.2, -0.15) is 0 Å². The largest absolute Gasteiger partial charge is 0.341 e. The molecule has 0 aromatic rings. The molecule has 3 heteroatoms. The van der Waals surface area contributed by atoms with Crippen LogP contribution in [0.25, 0.3) is 0 Å². The van der Waals surface area contributed by atoms with Crippen molar-refractivity contribution in [1.29, 1.82) is 0 Å². The molecule has 1 heterocycles. The number of nitrogens with zero attached hydrogens (tertiary/aromatic N) is 1. The molecule has 0 aromatic heterocycles. The molecule has 1 saturated heterocycles. The Morgan fingerprint density at radius 3 is 2.37 bits per heavy atom. The van der Waals surface area contributed by atoms with E-state index in [9.17, 15) is 4.79 Å². The number of likely N-dealkylation sites (N-methyl/N-ethyl adjacent to an activating group) is 1. The van der Waals surface area contributed by atoms with Crippen molar-refractivity contribution in [2.24, 2.45) is 5.92 Å². The Morgan fingerprint density at radius 2 is 1.95 bits per heavy atom. The predicted molar refractivity (Wildman–Crippen MR) is 81.2 cm³/mol. The molecular weight excluding hydrogens is 236 g/mol. The van der Waals surface area contributed by atoms with Crippen LogP contribution in [-0.4, -0.2) is 36.0 Å². The Hall–Kier alpha value is -0.570. The zero-order valence-corrected chi connectivity index (χ0v) is 13.3. The summed E-state index contributed by atoms with van der Waals surface area (Å²) in [6, 6.07) is 0. The summed E-state index contributed by atoms with van der Waals surface area (Å²) < 4.78 is 0. The van der Waals surface area contributed by atoms with Gasteiger partial charge in [0.1, 0.15) is 0 Å². The average molecular weight is 268 g/mol. The van der Waals surface area contributed by atoms with Crippen molar-refractivity contribution in [2.75, 3.05) is 19.6 Å². The number of hydrogen-bond donors (Lipinski definition) is 1. The number of carbonyl (C=O) groups excluding carboxylic acids is 1. The van der Waals surface area contributed by atoms with Crippen molar-refractivity contribution in [3.63, 3.8) is 0 Å². The van der Waals surface area contributed by atoms with Gasteiger partial charge in [-0.05, 0) is 38.6 Å². The van der Waals surface area contributed by atoms with Crippen LogP contribution in [0.2, 0.25) is 0 Å². The van der Waals surface area contributed by atoms with Gasteiger partial charge in [-0.15, -0.1) is 0 Å². The molecule has 19 heavy (non-hydrogen) atoms. The third kappa shape index (κ3) is 3.95. The SMILES string of the molecule is CCCC1(C(=O)N(CC)CC(CC)CC)CCCN1. The number of carbonyl (C=O) groups is 1. The lowest BCUT2D eigenvalue weighted by Crippen LogP contribution is -2.55. The van der Waals surface area contributed by atoms with Crippen LogP contribution in [0.4, 0.5) is 0 Å². The maximum Gasteiger partial charge on any atom is 0.242 e. The van der Waals surface area contributed by atoms with Crippen LogP contribution in [-0.2, 0) is 4.79 Å². The summed E-state index contributed by atoms with van der Waals surface area (Å²) in [5, 5.41) is 3.50. The summed E-state index contributed by atoms with van der Waals surface area (Å²) in [6.45, 7) is 11.5. The molecule has 0 saturated carbocycles. The highest BCUT2D eigenvalue weighted by atomic mass is 16.2. The molecule has 0 aliphatic carbocycles. The molecule has 1 rings (SSSR count). The second kappa shape index (κ2) is 7.88. The first-order valence-electron chi connectivity index (χ1n) is 8.17. The molecular formula is C16H32N2O. The smallest absolute Gasteiger partial charge is 0.242 e. The molecule has 1 aliphatic heterocycles. The van der Waals surface area contributed by atoms with E-state index in [1.54, 1.807) is 0 Å². The number of nitrogens with one attached hydrogen (secondary N) is 1. The van der Waals surface area contributed by atoms with Gasteiger partial charge in [0.25, 0.3) is 0 Å².